The lowest BCUT2D eigenvalue weighted by molar-refractivity contribution is -0.172. The fourth-order valence-electron chi connectivity index (χ4n) is 6.09. The van der Waals surface area contributed by atoms with Crippen LogP contribution in [0.4, 0.5) is 0 Å². The van der Waals surface area contributed by atoms with Crippen LogP contribution in [-0.2, 0) is 48.0 Å². The van der Waals surface area contributed by atoms with Crippen LogP contribution in [0.5, 0.6) is 0 Å². The van der Waals surface area contributed by atoms with Crippen molar-refractivity contribution in [2.45, 2.75) is 101 Å². The number of unbranched alkanes of at least 4 members (excludes halogenated alkanes) is 2. The fraction of sp³-hybridized carbons (Fsp3) is 0.415. The quantitative estimate of drug-likeness (QED) is 0.0338. The lowest BCUT2D eigenvalue weighted by Crippen LogP contribution is -2.58. The van der Waals surface area contributed by atoms with Gasteiger partial charge in [-0.3, -0.25) is 47.9 Å². The van der Waals surface area contributed by atoms with Crippen molar-refractivity contribution in [3.05, 3.63) is 68.8 Å². The minimum absolute atomic E-state index is 0.0960. The smallest absolute Gasteiger partial charge is 0.363 e. The predicted octanol–water partition coefficient (Wildman–Crippen LogP) is 0.734. The van der Waals surface area contributed by atoms with E-state index in [1.165, 1.54) is 18.2 Å². The van der Waals surface area contributed by atoms with Crippen LogP contribution >= 0.6 is 22.6 Å². The molecule has 0 bridgehead atoms. The molecule has 4 atom stereocenters. The van der Waals surface area contributed by atoms with Crippen LogP contribution in [0, 0.1) is 3.57 Å². The van der Waals surface area contributed by atoms with Gasteiger partial charge in [-0.2, -0.15) is 0 Å². The van der Waals surface area contributed by atoms with Gasteiger partial charge in [0.05, 0.1) is 5.56 Å². The van der Waals surface area contributed by atoms with Gasteiger partial charge < -0.3 is 51.8 Å². The number of amides is 7. The molecule has 2 aromatic rings. The molecule has 7 amide bonds. The second-order valence-corrected chi connectivity index (χ2v) is 15.7. The Morgan fingerprint density at radius 2 is 1.03 bits per heavy atom. The van der Waals surface area contributed by atoms with Gasteiger partial charge in [-0.05, 0) is 91.1 Å². The molecular formula is C41H47IN6O17. The van der Waals surface area contributed by atoms with E-state index < -0.39 is 128 Å². The van der Waals surface area contributed by atoms with E-state index in [4.69, 9.17) is 4.84 Å². The molecule has 1 aliphatic heterocycles. The summed E-state index contributed by atoms with van der Waals surface area (Å²) in [6.45, 7) is 0.282. The summed E-state index contributed by atoms with van der Waals surface area (Å²) < 4.78 is 0.873. The van der Waals surface area contributed by atoms with Gasteiger partial charge in [-0.25, -0.2) is 9.59 Å². The van der Waals surface area contributed by atoms with E-state index in [2.05, 4.69) is 49.2 Å². The number of carboxylic acid groups (broad SMARTS) is 4. The number of rotatable bonds is 27. The third-order valence-corrected chi connectivity index (χ3v) is 10.2. The molecule has 0 aliphatic carbocycles. The monoisotopic (exact) mass is 1020 g/mol. The molecular weight excluding hydrogens is 975 g/mol. The van der Waals surface area contributed by atoms with E-state index in [9.17, 15) is 78.0 Å². The van der Waals surface area contributed by atoms with Crippen LogP contribution in [0.2, 0.25) is 0 Å². The Hall–Kier alpha value is -6.99. The molecule has 1 saturated heterocycles. The number of carboxylic acids is 4. The molecule has 2 aromatic carbocycles. The molecule has 9 N–H and O–H groups in total. The number of hydrogen-bond donors (Lipinski definition) is 9. The van der Waals surface area contributed by atoms with Gasteiger partial charge in [0, 0.05) is 53.3 Å². The average molecular weight is 1020 g/mol. The van der Waals surface area contributed by atoms with Crippen molar-refractivity contribution in [3.8, 4) is 0 Å². The van der Waals surface area contributed by atoms with Gasteiger partial charge >= 0.3 is 29.8 Å². The second kappa shape index (κ2) is 26.0. The lowest BCUT2D eigenvalue weighted by atomic mass is 10.0. The lowest BCUT2D eigenvalue weighted by Gasteiger charge is -2.26. The summed E-state index contributed by atoms with van der Waals surface area (Å²) in [5.41, 5.74) is -0.105. The molecule has 1 heterocycles. The number of aliphatic carboxylic acids is 4. The van der Waals surface area contributed by atoms with Crippen LogP contribution in [-0.4, -0.2) is 127 Å². The van der Waals surface area contributed by atoms with Crippen molar-refractivity contribution >= 4 is 93.8 Å². The van der Waals surface area contributed by atoms with Gasteiger partial charge in [-0.1, -0.05) is 25.0 Å². The molecule has 350 valence electrons. The highest BCUT2D eigenvalue weighted by Gasteiger charge is 2.34. The van der Waals surface area contributed by atoms with Crippen molar-refractivity contribution in [1.29, 1.82) is 0 Å². The van der Waals surface area contributed by atoms with Gasteiger partial charge in [-0.15, -0.1) is 5.06 Å². The molecule has 1 fully saturated rings. The maximum atomic E-state index is 13.6. The molecule has 24 heteroatoms. The Bertz CT molecular complexity index is 2150. The molecule has 0 saturated carbocycles. The van der Waals surface area contributed by atoms with Crippen molar-refractivity contribution < 1.29 is 82.8 Å². The zero-order chi connectivity index (χ0) is 48.2. The Morgan fingerprint density at radius 1 is 0.569 bits per heavy atom. The molecule has 23 nitrogen and oxygen atoms in total. The fourth-order valence-corrected chi connectivity index (χ4v) is 6.63. The first-order valence-corrected chi connectivity index (χ1v) is 21.2. The number of imide groups is 1. The molecule has 3 rings (SSSR count). The number of halogens is 1. The van der Waals surface area contributed by atoms with E-state index in [1.54, 1.807) is 18.2 Å². The van der Waals surface area contributed by atoms with Crippen molar-refractivity contribution in [3.63, 3.8) is 0 Å². The minimum atomic E-state index is -1.79. The van der Waals surface area contributed by atoms with Crippen LogP contribution in [0.15, 0.2) is 48.5 Å². The predicted molar refractivity (Wildman–Crippen MR) is 228 cm³/mol. The number of benzene rings is 2. The SMILES string of the molecule is O=C(O)CCC(NC(=O)[C@@H](CCC(=O)O)NC(=O)c1cccc(C(=O)ON2C(=O)CCC2=O)c1)C(=O)N[C@H](CCC(=O)O)C(=O)N[C@H](CCCCCNC(=O)c1cccc(I)c1)C(=O)O. The summed E-state index contributed by atoms with van der Waals surface area (Å²) in [5, 5.41) is 49.9. The minimum Gasteiger partial charge on any atom is -0.481 e. The standard InChI is InChI=1S/C41H47IN6O17/c42-25-9-5-7-23(21-25)35(57)43-19-3-1-2-10-29(40(62)63)47-39(61)28(13-18-34(55)56)46-38(60)27(12-17-33(53)54)45-37(59)26(11-16-32(51)52)44-36(58)22-6-4-8-24(20-22)41(64)65-48-30(49)14-15-31(48)50/h4-9,20-21,26-29H,1-3,10-19H2,(H,43,57)(H,44,58)(H,45,59)(H,46,60)(H,47,61)(H,51,52)(H,53,54)(H,55,56)(H,62,63)/t26-,27?,28-,29-/m1/s1. The third kappa shape index (κ3) is 18.0. The summed E-state index contributed by atoms with van der Waals surface area (Å²) in [4.78, 5) is 154. The van der Waals surface area contributed by atoms with Gasteiger partial charge in [0.1, 0.15) is 24.2 Å². The van der Waals surface area contributed by atoms with Crippen molar-refractivity contribution in [1.82, 2.24) is 31.6 Å². The topological polar surface area (TPSA) is 358 Å². The zero-order valence-electron chi connectivity index (χ0n) is 34.5. The van der Waals surface area contributed by atoms with Gasteiger partial charge in [0.15, 0.2) is 0 Å². The van der Waals surface area contributed by atoms with Gasteiger partial charge in [0.2, 0.25) is 17.7 Å². The number of carbonyl (C=O) groups excluding carboxylic acids is 8. The Morgan fingerprint density at radius 3 is 1.52 bits per heavy atom. The van der Waals surface area contributed by atoms with E-state index in [0.29, 0.717) is 18.4 Å². The summed E-state index contributed by atoms with van der Waals surface area (Å²) in [7, 11) is 0. The first-order chi connectivity index (χ1) is 30.7. The summed E-state index contributed by atoms with van der Waals surface area (Å²) in [6.07, 6.45) is -3.21. The van der Waals surface area contributed by atoms with Gasteiger partial charge in [0.25, 0.3) is 23.6 Å². The highest BCUT2D eigenvalue weighted by molar-refractivity contribution is 14.1. The second-order valence-electron chi connectivity index (χ2n) is 14.5. The number of hydrogen-bond acceptors (Lipinski definition) is 13. The maximum Gasteiger partial charge on any atom is 0.363 e. The summed E-state index contributed by atoms with van der Waals surface area (Å²) in [5.74, 6) is -13.2. The van der Waals surface area contributed by atoms with Crippen molar-refractivity contribution in [2.24, 2.45) is 0 Å². The van der Waals surface area contributed by atoms with E-state index in [0.717, 1.165) is 9.64 Å². The number of nitrogens with zero attached hydrogens (tertiary/aromatic N) is 1. The molecule has 0 aromatic heterocycles. The van der Waals surface area contributed by atoms with Crippen LogP contribution in [0.25, 0.3) is 0 Å². The highest BCUT2D eigenvalue weighted by atomic mass is 127. The normalized spacial score (nSPS) is 13.9. The largest absolute Gasteiger partial charge is 0.481 e. The number of carbonyl (C=O) groups is 12. The Labute approximate surface area is 383 Å². The molecule has 0 radical (unpaired) electrons. The number of nitrogens with one attached hydrogen (secondary N) is 5. The highest BCUT2D eigenvalue weighted by Crippen LogP contribution is 2.16. The first-order valence-electron chi connectivity index (χ1n) is 20.1. The molecule has 0 spiro atoms. The van der Waals surface area contributed by atoms with E-state index >= 15 is 0 Å². The van der Waals surface area contributed by atoms with E-state index in [1.807, 2.05) is 6.07 Å². The first kappa shape index (κ1) is 52.4. The van der Waals surface area contributed by atoms with Crippen molar-refractivity contribution in [2.75, 3.05) is 6.54 Å². The summed E-state index contributed by atoms with van der Waals surface area (Å²) in [6, 6.07) is 4.79. The molecule has 1 aliphatic rings. The maximum absolute atomic E-state index is 13.6. The Balaban J connectivity index is 1.70. The zero-order valence-corrected chi connectivity index (χ0v) is 36.7. The number of hydroxylamine groups is 2. The summed E-state index contributed by atoms with van der Waals surface area (Å²) >= 11 is 2.07. The van der Waals surface area contributed by atoms with E-state index in [-0.39, 0.29) is 54.3 Å². The average Bonchev–Trinajstić information content (AvgIpc) is 3.57. The third-order valence-electron chi connectivity index (χ3n) is 9.53. The van der Waals surface area contributed by atoms with Crippen LogP contribution in [0.1, 0.15) is 108 Å². The van der Waals surface area contributed by atoms with Crippen LogP contribution in [0.3, 0.4) is 0 Å². The molecule has 1 unspecified atom stereocenters. The Kier molecular flexibility index (Phi) is 20.9. The molecule has 65 heavy (non-hydrogen) atoms. The van der Waals surface area contributed by atoms with Crippen LogP contribution < -0.4 is 26.6 Å².